The van der Waals surface area contributed by atoms with Gasteiger partial charge in [0.1, 0.15) is 11.6 Å². The fraction of sp³-hybridized carbons (Fsp3) is 0.364. The minimum Gasteiger partial charge on any atom is -0.342 e. The summed E-state index contributed by atoms with van der Waals surface area (Å²) in [5.74, 6) is 0.272. The fourth-order valence-corrected chi connectivity index (χ4v) is 3.97. The van der Waals surface area contributed by atoms with Crippen LogP contribution < -0.4 is 4.90 Å². The van der Waals surface area contributed by atoms with Crippen molar-refractivity contribution >= 4 is 5.82 Å². The van der Waals surface area contributed by atoms with Crippen molar-refractivity contribution in [1.82, 2.24) is 19.7 Å². The van der Waals surface area contributed by atoms with Gasteiger partial charge in [0.05, 0.1) is 18.9 Å². The number of rotatable bonds is 5. The molecule has 1 aromatic carbocycles. The number of pyridine rings is 1. The van der Waals surface area contributed by atoms with Gasteiger partial charge in [-0.05, 0) is 42.8 Å². The third-order valence-electron chi connectivity index (χ3n) is 4.96. The van der Waals surface area contributed by atoms with Gasteiger partial charge in [0.25, 0.3) is 0 Å². The first-order valence-corrected chi connectivity index (χ1v) is 9.79. The Hall–Kier alpha value is -2.80. The van der Waals surface area contributed by atoms with E-state index in [1.807, 2.05) is 16.8 Å². The second-order valence-electron chi connectivity index (χ2n) is 8.09. The molecule has 0 bridgehead atoms. The van der Waals surface area contributed by atoms with Crippen molar-refractivity contribution in [2.45, 2.75) is 26.9 Å². The second kappa shape index (κ2) is 7.91. The highest BCUT2D eigenvalue weighted by atomic mass is 19.1. The third-order valence-corrected chi connectivity index (χ3v) is 4.96. The monoisotopic (exact) mass is 397 g/mol. The number of hydrogen-bond donors (Lipinski definition) is 0. The van der Waals surface area contributed by atoms with Crippen LogP contribution in [0.5, 0.6) is 0 Å². The van der Waals surface area contributed by atoms with Gasteiger partial charge in [0.15, 0.2) is 5.82 Å². The van der Waals surface area contributed by atoms with Crippen molar-refractivity contribution in [3.63, 3.8) is 0 Å². The molecular formula is C22H25F2N5. The molecule has 3 aromatic rings. The van der Waals surface area contributed by atoms with E-state index >= 15 is 0 Å². The number of aromatic nitrogens is 3. The first-order valence-electron chi connectivity index (χ1n) is 9.79. The minimum absolute atomic E-state index is 0.290. The average molecular weight is 397 g/mol. The molecule has 29 heavy (non-hydrogen) atoms. The number of anilines is 1. The summed E-state index contributed by atoms with van der Waals surface area (Å²) in [6, 6.07) is 7.50. The summed E-state index contributed by atoms with van der Waals surface area (Å²) >= 11 is 0. The molecule has 0 amide bonds. The average Bonchev–Trinajstić information content (AvgIpc) is 2.99. The van der Waals surface area contributed by atoms with Crippen molar-refractivity contribution in [3.8, 4) is 11.3 Å². The van der Waals surface area contributed by atoms with E-state index in [9.17, 15) is 8.78 Å². The van der Waals surface area contributed by atoms with Crippen LogP contribution in [0, 0.1) is 17.6 Å². The van der Waals surface area contributed by atoms with Crippen molar-refractivity contribution < 1.29 is 8.78 Å². The van der Waals surface area contributed by atoms with E-state index in [4.69, 9.17) is 5.10 Å². The van der Waals surface area contributed by atoms with Gasteiger partial charge in [-0.1, -0.05) is 13.8 Å². The molecule has 2 aromatic heterocycles. The van der Waals surface area contributed by atoms with Crippen LogP contribution in [0.2, 0.25) is 0 Å². The molecule has 1 aliphatic heterocycles. The predicted octanol–water partition coefficient (Wildman–Crippen LogP) is 4.14. The first kappa shape index (κ1) is 19.5. The zero-order chi connectivity index (χ0) is 20.5. The van der Waals surface area contributed by atoms with Gasteiger partial charge in [-0.15, -0.1) is 0 Å². The van der Waals surface area contributed by atoms with Crippen LogP contribution in [0.1, 0.15) is 25.0 Å². The Bertz CT molecular complexity index is 980. The number of fused-ring (bicyclic) bond motifs is 1. The van der Waals surface area contributed by atoms with Gasteiger partial charge in [-0.2, -0.15) is 5.10 Å². The van der Waals surface area contributed by atoms with E-state index in [0.29, 0.717) is 18.0 Å². The molecule has 0 radical (unpaired) electrons. The maximum absolute atomic E-state index is 13.7. The lowest BCUT2D eigenvalue weighted by atomic mass is 10.1. The summed E-state index contributed by atoms with van der Waals surface area (Å²) in [5.41, 5.74) is 3.63. The Morgan fingerprint density at radius 3 is 2.41 bits per heavy atom. The number of nitrogens with zero attached hydrogens (tertiary/aromatic N) is 5. The predicted molar refractivity (Wildman–Crippen MR) is 109 cm³/mol. The Kier molecular flexibility index (Phi) is 5.32. The van der Waals surface area contributed by atoms with Crippen LogP contribution in [0.15, 0.2) is 42.7 Å². The van der Waals surface area contributed by atoms with Crippen LogP contribution in [0.3, 0.4) is 0 Å². The molecule has 7 heteroatoms. The summed E-state index contributed by atoms with van der Waals surface area (Å²) in [7, 11) is 2.09. The summed E-state index contributed by atoms with van der Waals surface area (Å²) in [5, 5.41) is 4.90. The molecule has 0 atom stereocenters. The Labute approximate surface area is 169 Å². The van der Waals surface area contributed by atoms with Gasteiger partial charge in [0, 0.05) is 42.7 Å². The first-order chi connectivity index (χ1) is 13.9. The molecule has 0 unspecified atom stereocenters. The summed E-state index contributed by atoms with van der Waals surface area (Å²) < 4.78 is 29.4. The molecule has 4 rings (SSSR count). The highest BCUT2D eigenvalue weighted by Crippen LogP contribution is 2.35. The lowest BCUT2D eigenvalue weighted by Gasteiger charge is -2.34. The molecule has 0 saturated heterocycles. The van der Waals surface area contributed by atoms with Crippen LogP contribution in [0.4, 0.5) is 14.6 Å². The molecule has 0 aliphatic carbocycles. The maximum Gasteiger partial charge on any atom is 0.156 e. The second-order valence-corrected chi connectivity index (χ2v) is 8.09. The normalized spacial score (nSPS) is 14.5. The topological polar surface area (TPSA) is 37.2 Å². The summed E-state index contributed by atoms with van der Waals surface area (Å²) in [6.07, 6.45) is 3.50. The smallest absolute Gasteiger partial charge is 0.156 e. The van der Waals surface area contributed by atoms with Crippen LogP contribution in [-0.2, 0) is 13.1 Å². The Morgan fingerprint density at radius 2 is 1.76 bits per heavy atom. The van der Waals surface area contributed by atoms with E-state index in [-0.39, 0.29) is 0 Å². The Balaban J connectivity index is 1.84. The molecule has 1 aliphatic rings. The maximum atomic E-state index is 13.7. The zero-order valence-electron chi connectivity index (χ0n) is 16.9. The SMILES string of the molecule is CC(C)CN1CN(C)Cc2c1nn(Cc1cc(F)cc(F)c1)c2-c1ccncc1. The molecule has 0 saturated carbocycles. The Morgan fingerprint density at radius 1 is 1.07 bits per heavy atom. The summed E-state index contributed by atoms with van der Waals surface area (Å²) in [4.78, 5) is 8.65. The molecule has 152 valence electrons. The molecule has 3 heterocycles. The third kappa shape index (κ3) is 4.15. The summed E-state index contributed by atoms with van der Waals surface area (Å²) in [6.45, 7) is 7.11. The molecule has 5 nitrogen and oxygen atoms in total. The molecule has 0 spiro atoms. The molecule has 0 fully saturated rings. The van der Waals surface area contributed by atoms with Gasteiger partial charge >= 0.3 is 0 Å². The van der Waals surface area contributed by atoms with Crippen molar-refractivity contribution in [1.29, 1.82) is 0 Å². The van der Waals surface area contributed by atoms with Crippen LogP contribution in [-0.4, -0.2) is 39.9 Å². The van der Waals surface area contributed by atoms with E-state index in [2.05, 4.69) is 35.7 Å². The fourth-order valence-electron chi connectivity index (χ4n) is 3.97. The number of benzene rings is 1. The number of hydrogen-bond acceptors (Lipinski definition) is 4. The van der Waals surface area contributed by atoms with Gasteiger partial charge in [0.2, 0.25) is 0 Å². The lowest BCUT2D eigenvalue weighted by molar-refractivity contribution is 0.303. The lowest BCUT2D eigenvalue weighted by Crippen LogP contribution is -2.42. The molecule has 0 N–H and O–H groups in total. The highest BCUT2D eigenvalue weighted by molar-refractivity contribution is 5.70. The van der Waals surface area contributed by atoms with Gasteiger partial charge < -0.3 is 4.90 Å². The quantitative estimate of drug-likeness (QED) is 0.649. The van der Waals surface area contributed by atoms with Gasteiger partial charge in [-0.25, -0.2) is 8.78 Å². The van der Waals surface area contributed by atoms with Crippen LogP contribution >= 0.6 is 0 Å². The highest BCUT2D eigenvalue weighted by Gasteiger charge is 2.29. The van der Waals surface area contributed by atoms with Crippen LogP contribution in [0.25, 0.3) is 11.3 Å². The van der Waals surface area contributed by atoms with E-state index in [1.165, 1.54) is 12.1 Å². The minimum atomic E-state index is -0.580. The van der Waals surface area contributed by atoms with Crippen molar-refractivity contribution in [2.24, 2.45) is 5.92 Å². The molecular weight excluding hydrogens is 372 g/mol. The van der Waals surface area contributed by atoms with E-state index < -0.39 is 11.6 Å². The van der Waals surface area contributed by atoms with E-state index in [0.717, 1.165) is 48.5 Å². The zero-order valence-corrected chi connectivity index (χ0v) is 16.9. The largest absolute Gasteiger partial charge is 0.342 e. The van der Waals surface area contributed by atoms with Gasteiger partial charge in [-0.3, -0.25) is 14.6 Å². The van der Waals surface area contributed by atoms with Crippen molar-refractivity contribution in [3.05, 3.63) is 65.5 Å². The van der Waals surface area contributed by atoms with Crippen molar-refractivity contribution in [2.75, 3.05) is 25.2 Å². The number of halogens is 2. The standard InChI is InChI=1S/C22H25F2N5/c1-15(2)11-28-14-27(3)13-20-21(17-4-6-25-7-5-17)29(26-22(20)28)12-16-8-18(23)10-19(24)9-16/h4-10,15H,11-14H2,1-3H3. The van der Waals surface area contributed by atoms with E-state index in [1.54, 1.807) is 12.4 Å².